The van der Waals surface area contributed by atoms with Crippen molar-refractivity contribution >= 4 is 8.07 Å². The standard InChI is InChI=1S/C22H28Si/c1-18(2)23(19(3)4,20(5)6)17-13-9-8-10-15-22-16-12-11-14-21(22)7/h11-12,14,16,18-20H,1-7H3. The first-order valence-electron chi connectivity index (χ1n) is 8.41. The zero-order chi connectivity index (χ0) is 17.5. The van der Waals surface area contributed by atoms with Gasteiger partial charge in [0.1, 0.15) is 8.07 Å². The van der Waals surface area contributed by atoms with Crippen LogP contribution in [0, 0.1) is 42.1 Å². The summed E-state index contributed by atoms with van der Waals surface area (Å²) in [5.41, 5.74) is 7.70. The zero-order valence-electron chi connectivity index (χ0n) is 15.5. The van der Waals surface area contributed by atoms with Crippen molar-refractivity contribution in [2.45, 2.75) is 65.1 Å². The summed E-state index contributed by atoms with van der Waals surface area (Å²) in [4.78, 5) is 0. The Morgan fingerprint density at radius 2 is 1.26 bits per heavy atom. The molecule has 0 spiro atoms. The average molecular weight is 321 g/mol. The summed E-state index contributed by atoms with van der Waals surface area (Å²) < 4.78 is 0. The fourth-order valence-electron chi connectivity index (χ4n) is 3.45. The van der Waals surface area contributed by atoms with Gasteiger partial charge in [0.2, 0.25) is 0 Å². The van der Waals surface area contributed by atoms with E-state index in [0.717, 1.165) is 5.56 Å². The predicted octanol–water partition coefficient (Wildman–Crippen LogP) is 5.57. The van der Waals surface area contributed by atoms with Crippen LogP contribution < -0.4 is 0 Å². The number of benzene rings is 1. The molecule has 0 saturated carbocycles. The van der Waals surface area contributed by atoms with Gasteiger partial charge >= 0.3 is 0 Å². The highest BCUT2D eigenvalue weighted by Gasteiger charge is 2.41. The molecule has 0 bridgehead atoms. The van der Waals surface area contributed by atoms with E-state index in [4.69, 9.17) is 0 Å². The molecule has 0 aliphatic rings. The highest BCUT2D eigenvalue weighted by molar-refractivity contribution is 6.90. The molecule has 1 rings (SSSR count). The topological polar surface area (TPSA) is 0 Å². The minimum atomic E-state index is -1.67. The Morgan fingerprint density at radius 3 is 1.78 bits per heavy atom. The summed E-state index contributed by atoms with van der Waals surface area (Å²) in [5.74, 6) is 15.0. The zero-order valence-corrected chi connectivity index (χ0v) is 16.5. The Hall–Kier alpha value is -1.88. The van der Waals surface area contributed by atoms with Crippen LogP contribution in [0.1, 0.15) is 52.7 Å². The molecule has 0 saturated heterocycles. The molecular weight excluding hydrogens is 292 g/mol. The predicted molar refractivity (Wildman–Crippen MR) is 105 cm³/mol. The molecule has 1 aromatic carbocycles. The van der Waals surface area contributed by atoms with Crippen molar-refractivity contribution in [2.75, 3.05) is 0 Å². The van der Waals surface area contributed by atoms with Gasteiger partial charge in [-0.15, -0.1) is 5.54 Å². The fraction of sp³-hybridized carbons (Fsp3) is 0.455. The van der Waals surface area contributed by atoms with Gasteiger partial charge in [-0.05, 0) is 58.9 Å². The molecule has 1 aromatic rings. The van der Waals surface area contributed by atoms with E-state index >= 15 is 0 Å². The van der Waals surface area contributed by atoms with E-state index in [1.54, 1.807) is 0 Å². The van der Waals surface area contributed by atoms with E-state index in [-0.39, 0.29) is 0 Å². The maximum Gasteiger partial charge on any atom is 0.147 e. The molecule has 120 valence electrons. The lowest BCUT2D eigenvalue weighted by Gasteiger charge is -2.37. The molecule has 0 amide bonds. The lowest BCUT2D eigenvalue weighted by atomic mass is 10.1. The lowest BCUT2D eigenvalue weighted by molar-refractivity contribution is 0.838. The molecule has 0 fully saturated rings. The smallest absolute Gasteiger partial charge is 0.116 e. The van der Waals surface area contributed by atoms with Crippen molar-refractivity contribution in [3.63, 3.8) is 0 Å². The molecule has 0 aromatic heterocycles. The monoisotopic (exact) mass is 320 g/mol. The molecule has 0 heterocycles. The van der Waals surface area contributed by atoms with E-state index in [2.05, 4.69) is 89.7 Å². The molecular formula is C22H28Si. The Kier molecular flexibility index (Phi) is 7.23. The summed E-state index contributed by atoms with van der Waals surface area (Å²) in [7, 11) is -1.67. The van der Waals surface area contributed by atoms with Crippen LogP contribution in [0.3, 0.4) is 0 Å². The van der Waals surface area contributed by atoms with Gasteiger partial charge in [-0.3, -0.25) is 0 Å². The quantitative estimate of drug-likeness (QED) is 0.504. The molecule has 0 atom stereocenters. The van der Waals surface area contributed by atoms with Gasteiger partial charge in [0.25, 0.3) is 0 Å². The van der Waals surface area contributed by atoms with Crippen LogP contribution in [0.4, 0.5) is 0 Å². The first-order valence-corrected chi connectivity index (χ1v) is 10.6. The van der Waals surface area contributed by atoms with E-state index < -0.39 is 8.07 Å². The van der Waals surface area contributed by atoms with E-state index in [1.807, 2.05) is 18.2 Å². The maximum atomic E-state index is 3.59. The third kappa shape index (κ3) is 4.79. The Balaban J connectivity index is 2.99. The van der Waals surface area contributed by atoms with Crippen molar-refractivity contribution < 1.29 is 0 Å². The third-order valence-corrected chi connectivity index (χ3v) is 11.0. The third-order valence-electron chi connectivity index (χ3n) is 4.67. The minimum Gasteiger partial charge on any atom is -0.116 e. The molecule has 0 N–H and O–H groups in total. The van der Waals surface area contributed by atoms with Crippen LogP contribution >= 0.6 is 0 Å². The second-order valence-electron chi connectivity index (χ2n) is 6.96. The average Bonchev–Trinajstić information content (AvgIpc) is 2.47. The molecule has 1 heteroatoms. The number of hydrogen-bond acceptors (Lipinski definition) is 0. The van der Waals surface area contributed by atoms with Crippen molar-refractivity contribution in [3.8, 4) is 35.1 Å². The summed E-state index contributed by atoms with van der Waals surface area (Å²) in [6.45, 7) is 15.9. The van der Waals surface area contributed by atoms with Crippen LogP contribution in [-0.2, 0) is 0 Å². The van der Waals surface area contributed by atoms with Crippen LogP contribution in [-0.4, -0.2) is 8.07 Å². The van der Waals surface area contributed by atoms with Crippen LogP contribution in [0.5, 0.6) is 0 Å². The summed E-state index contributed by atoms with van der Waals surface area (Å²) in [6, 6.07) is 8.10. The van der Waals surface area contributed by atoms with Crippen LogP contribution in [0.25, 0.3) is 0 Å². The summed E-state index contributed by atoms with van der Waals surface area (Å²) in [5, 5.41) is 0. The van der Waals surface area contributed by atoms with Crippen molar-refractivity contribution in [1.82, 2.24) is 0 Å². The van der Waals surface area contributed by atoms with Crippen LogP contribution in [0.15, 0.2) is 24.3 Å². The first-order chi connectivity index (χ1) is 10.8. The Bertz CT molecular complexity index is 682. The molecule has 0 aliphatic heterocycles. The molecule has 0 radical (unpaired) electrons. The normalized spacial score (nSPS) is 10.5. The number of hydrogen-bond donors (Lipinski definition) is 0. The maximum absolute atomic E-state index is 3.59. The minimum absolute atomic E-state index is 0.634. The SMILES string of the molecule is Cc1ccccc1C#CC#CC#C[Si](C(C)C)(C(C)C)C(C)C. The van der Waals surface area contributed by atoms with Crippen molar-refractivity contribution in [1.29, 1.82) is 0 Å². The summed E-state index contributed by atoms with van der Waals surface area (Å²) >= 11 is 0. The summed E-state index contributed by atoms with van der Waals surface area (Å²) in [6.07, 6.45) is 0. The van der Waals surface area contributed by atoms with Crippen LogP contribution in [0.2, 0.25) is 16.6 Å². The highest BCUT2D eigenvalue weighted by atomic mass is 28.3. The molecule has 0 aliphatic carbocycles. The van der Waals surface area contributed by atoms with Crippen molar-refractivity contribution in [3.05, 3.63) is 35.4 Å². The van der Waals surface area contributed by atoms with Gasteiger partial charge < -0.3 is 0 Å². The van der Waals surface area contributed by atoms with Gasteiger partial charge in [-0.1, -0.05) is 65.7 Å². The van der Waals surface area contributed by atoms with Gasteiger partial charge in [-0.25, -0.2) is 0 Å². The lowest BCUT2D eigenvalue weighted by Crippen LogP contribution is -2.43. The van der Waals surface area contributed by atoms with E-state index in [1.165, 1.54) is 5.56 Å². The largest absolute Gasteiger partial charge is 0.147 e. The second-order valence-corrected chi connectivity index (χ2v) is 12.5. The van der Waals surface area contributed by atoms with Gasteiger partial charge in [0, 0.05) is 5.56 Å². The first kappa shape index (κ1) is 19.2. The molecule has 0 nitrogen and oxygen atoms in total. The molecule has 23 heavy (non-hydrogen) atoms. The fourth-order valence-corrected chi connectivity index (χ4v) is 8.59. The Morgan fingerprint density at radius 1 is 0.739 bits per heavy atom. The van der Waals surface area contributed by atoms with Crippen molar-refractivity contribution in [2.24, 2.45) is 0 Å². The number of rotatable bonds is 3. The molecule has 0 unspecified atom stereocenters. The Labute approximate surface area is 144 Å². The van der Waals surface area contributed by atoms with Gasteiger partial charge in [0.15, 0.2) is 0 Å². The van der Waals surface area contributed by atoms with E-state index in [9.17, 15) is 0 Å². The second kappa shape index (κ2) is 8.67. The highest BCUT2D eigenvalue weighted by Crippen LogP contribution is 2.40. The van der Waals surface area contributed by atoms with E-state index in [0.29, 0.717) is 16.6 Å². The van der Waals surface area contributed by atoms with Gasteiger partial charge in [-0.2, -0.15) is 0 Å². The van der Waals surface area contributed by atoms with Gasteiger partial charge in [0.05, 0.1) is 0 Å². The number of aryl methyl sites for hydroxylation is 1.